The molecule has 0 aliphatic carbocycles. The SMILES string of the molecule is CC(CCC(=O)O)CC(=O)O.CC(CCC(=O)O)CC(=O)O.O. The van der Waals surface area contributed by atoms with Crippen LogP contribution < -0.4 is 0 Å². The quantitative estimate of drug-likeness (QED) is 0.456. The molecule has 9 heteroatoms. The summed E-state index contributed by atoms with van der Waals surface area (Å²) in [5.41, 5.74) is 0. The second-order valence-electron chi connectivity index (χ2n) is 5.27. The molecule has 0 aliphatic heterocycles. The van der Waals surface area contributed by atoms with Crippen molar-refractivity contribution in [3.05, 3.63) is 0 Å². The fraction of sp³-hybridized carbons (Fsp3) is 0.714. The van der Waals surface area contributed by atoms with Gasteiger partial charge in [-0.15, -0.1) is 0 Å². The van der Waals surface area contributed by atoms with Crippen molar-refractivity contribution in [2.24, 2.45) is 11.8 Å². The fourth-order valence-corrected chi connectivity index (χ4v) is 1.54. The number of hydrogen-bond donors (Lipinski definition) is 4. The Morgan fingerprint density at radius 2 is 0.913 bits per heavy atom. The third-order valence-electron chi connectivity index (χ3n) is 2.75. The Morgan fingerprint density at radius 3 is 1.09 bits per heavy atom. The van der Waals surface area contributed by atoms with E-state index in [9.17, 15) is 19.2 Å². The zero-order chi connectivity index (χ0) is 17.7. The van der Waals surface area contributed by atoms with Gasteiger partial charge in [0.2, 0.25) is 0 Å². The molecule has 0 saturated heterocycles. The molecule has 0 spiro atoms. The molecule has 0 amide bonds. The molecule has 0 fully saturated rings. The van der Waals surface area contributed by atoms with Gasteiger partial charge in [0.05, 0.1) is 0 Å². The lowest BCUT2D eigenvalue weighted by Crippen LogP contribution is -2.06. The predicted octanol–water partition coefficient (Wildman–Crippen LogP) is 1.10. The van der Waals surface area contributed by atoms with Crippen molar-refractivity contribution in [3.8, 4) is 0 Å². The van der Waals surface area contributed by atoms with Gasteiger partial charge >= 0.3 is 23.9 Å². The number of rotatable bonds is 10. The molecule has 0 aromatic heterocycles. The van der Waals surface area contributed by atoms with Crippen LogP contribution >= 0.6 is 0 Å². The summed E-state index contributed by atoms with van der Waals surface area (Å²) in [5.74, 6) is -3.59. The molecule has 0 aliphatic rings. The van der Waals surface area contributed by atoms with Crippen molar-refractivity contribution in [2.45, 2.75) is 52.4 Å². The molecule has 0 saturated carbocycles. The summed E-state index contributed by atoms with van der Waals surface area (Å²) in [7, 11) is 0. The van der Waals surface area contributed by atoms with Gasteiger partial charge in [-0.1, -0.05) is 13.8 Å². The molecule has 0 bridgehead atoms. The first-order valence-corrected chi connectivity index (χ1v) is 6.91. The van der Waals surface area contributed by atoms with Crippen LogP contribution in [0.2, 0.25) is 0 Å². The van der Waals surface area contributed by atoms with Gasteiger partial charge in [-0.25, -0.2) is 0 Å². The molecule has 0 radical (unpaired) electrons. The Kier molecular flexibility index (Phi) is 16.5. The maximum atomic E-state index is 10.1. The maximum Gasteiger partial charge on any atom is 0.303 e. The Morgan fingerprint density at radius 1 is 0.652 bits per heavy atom. The van der Waals surface area contributed by atoms with E-state index in [4.69, 9.17) is 20.4 Å². The molecule has 23 heavy (non-hydrogen) atoms. The average molecular weight is 338 g/mol. The van der Waals surface area contributed by atoms with Gasteiger partial charge in [0.25, 0.3) is 0 Å². The van der Waals surface area contributed by atoms with Gasteiger partial charge in [-0.05, 0) is 24.7 Å². The number of carboxylic acid groups (broad SMARTS) is 4. The van der Waals surface area contributed by atoms with Crippen molar-refractivity contribution >= 4 is 23.9 Å². The van der Waals surface area contributed by atoms with Gasteiger partial charge in [0.15, 0.2) is 0 Å². The summed E-state index contributed by atoms with van der Waals surface area (Å²) in [5, 5.41) is 33.1. The lowest BCUT2D eigenvalue weighted by molar-refractivity contribution is -0.140. The zero-order valence-electron chi connectivity index (χ0n) is 13.3. The van der Waals surface area contributed by atoms with Crippen LogP contribution in [-0.4, -0.2) is 49.8 Å². The van der Waals surface area contributed by atoms with Gasteiger partial charge in [0, 0.05) is 25.7 Å². The van der Waals surface area contributed by atoms with Crippen LogP contribution in [0, 0.1) is 11.8 Å². The van der Waals surface area contributed by atoms with E-state index < -0.39 is 23.9 Å². The van der Waals surface area contributed by atoms with Crippen LogP contribution in [0.15, 0.2) is 0 Å². The number of carbonyl (C=O) groups is 4. The first-order valence-electron chi connectivity index (χ1n) is 6.91. The third-order valence-corrected chi connectivity index (χ3v) is 2.75. The second kappa shape index (κ2) is 14.8. The van der Waals surface area contributed by atoms with Gasteiger partial charge in [0.1, 0.15) is 0 Å². The monoisotopic (exact) mass is 338 g/mol. The Hall–Kier alpha value is -2.16. The second-order valence-corrected chi connectivity index (χ2v) is 5.27. The zero-order valence-corrected chi connectivity index (χ0v) is 13.3. The van der Waals surface area contributed by atoms with E-state index in [0.29, 0.717) is 12.8 Å². The molecular weight excluding hydrogens is 312 g/mol. The van der Waals surface area contributed by atoms with Crippen molar-refractivity contribution in [1.29, 1.82) is 0 Å². The van der Waals surface area contributed by atoms with E-state index in [-0.39, 0.29) is 43.0 Å². The van der Waals surface area contributed by atoms with E-state index in [1.54, 1.807) is 13.8 Å². The number of hydrogen-bond acceptors (Lipinski definition) is 4. The van der Waals surface area contributed by atoms with Crippen LogP contribution in [-0.2, 0) is 19.2 Å². The van der Waals surface area contributed by atoms with Gasteiger partial charge in [-0.3, -0.25) is 19.2 Å². The van der Waals surface area contributed by atoms with Crippen LogP contribution in [0.25, 0.3) is 0 Å². The Labute approximate surface area is 134 Å². The standard InChI is InChI=1S/2C7H12O4.H2O/c2*1-5(4-7(10)11)2-3-6(8)9;/h2*5H,2-4H2,1H3,(H,8,9)(H,10,11);1H2. The lowest BCUT2D eigenvalue weighted by Gasteiger charge is -2.04. The average Bonchev–Trinajstić information content (AvgIpc) is 2.33. The van der Waals surface area contributed by atoms with E-state index in [0.717, 1.165) is 0 Å². The minimum Gasteiger partial charge on any atom is -0.481 e. The van der Waals surface area contributed by atoms with E-state index >= 15 is 0 Å². The van der Waals surface area contributed by atoms with Crippen LogP contribution in [0.5, 0.6) is 0 Å². The highest BCUT2D eigenvalue weighted by molar-refractivity contribution is 5.68. The number of aliphatic carboxylic acids is 4. The molecule has 0 rings (SSSR count). The maximum absolute atomic E-state index is 10.1. The normalized spacial score (nSPS) is 11.9. The van der Waals surface area contributed by atoms with E-state index in [2.05, 4.69) is 0 Å². The molecule has 6 N–H and O–H groups in total. The molecule has 2 unspecified atom stereocenters. The number of carboxylic acids is 4. The Bertz CT molecular complexity index is 342. The molecule has 0 aromatic rings. The molecule has 0 aromatic carbocycles. The van der Waals surface area contributed by atoms with Crippen molar-refractivity contribution in [1.82, 2.24) is 0 Å². The summed E-state index contributed by atoms with van der Waals surface area (Å²) in [4.78, 5) is 40.3. The van der Waals surface area contributed by atoms with Gasteiger partial charge < -0.3 is 25.9 Å². The largest absolute Gasteiger partial charge is 0.481 e. The van der Waals surface area contributed by atoms with Crippen LogP contribution in [0.1, 0.15) is 52.4 Å². The van der Waals surface area contributed by atoms with E-state index in [1.807, 2.05) is 0 Å². The summed E-state index contributed by atoms with van der Waals surface area (Å²) in [6.45, 7) is 3.47. The fourth-order valence-electron chi connectivity index (χ4n) is 1.54. The lowest BCUT2D eigenvalue weighted by atomic mass is 10.0. The van der Waals surface area contributed by atoms with Gasteiger partial charge in [-0.2, -0.15) is 0 Å². The summed E-state index contributed by atoms with van der Waals surface area (Å²) in [6.07, 6.45) is 1.06. The highest BCUT2D eigenvalue weighted by Crippen LogP contribution is 2.10. The minimum atomic E-state index is -0.873. The smallest absolute Gasteiger partial charge is 0.303 e. The first-order chi connectivity index (χ1) is 10.0. The van der Waals surface area contributed by atoms with E-state index in [1.165, 1.54) is 0 Å². The molecule has 2 atom stereocenters. The summed E-state index contributed by atoms with van der Waals surface area (Å²) in [6, 6.07) is 0. The minimum absolute atomic E-state index is 0. The summed E-state index contributed by atoms with van der Waals surface area (Å²) < 4.78 is 0. The summed E-state index contributed by atoms with van der Waals surface area (Å²) >= 11 is 0. The molecule has 136 valence electrons. The molecule has 0 heterocycles. The molecular formula is C14H26O9. The first kappa shape index (κ1) is 25.8. The van der Waals surface area contributed by atoms with Crippen molar-refractivity contribution < 1.29 is 45.1 Å². The Balaban J connectivity index is -0.000000333. The highest BCUT2D eigenvalue weighted by Gasteiger charge is 2.09. The molecule has 9 nitrogen and oxygen atoms in total. The van der Waals surface area contributed by atoms with Crippen LogP contribution in [0.4, 0.5) is 0 Å². The van der Waals surface area contributed by atoms with Crippen molar-refractivity contribution in [2.75, 3.05) is 0 Å². The van der Waals surface area contributed by atoms with Crippen molar-refractivity contribution in [3.63, 3.8) is 0 Å². The third kappa shape index (κ3) is 25.2. The van der Waals surface area contributed by atoms with Crippen LogP contribution in [0.3, 0.4) is 0 Å². The highest BCUT2D eigenvalue weighted by atomic mass is 16.4. The topological polar surface area (TPSA) is 181 Å². The predicted molar refractivity (Wildman–Crippen MR) is 80.2 cm³/mol.